The van der Waals surface area contributed by atoms with Gasteiger partial charge in [0.2, 0.25) is 0 Å². The van der Waals surface area contributed by atoms with Crippen LogP contribution in [0, 0.1) is 18.8 Å². The molecule has 1 aromatic heterocycles. The largest absolute Gasteiger partial charge is 0.352 e. The third-order valence-corrected chi connectivity index (χ3v) is 8.71. The van der Waals surface area contributed by atoms with Crippen molar-refractivity contribution in [3.8, 4) is 0 Å². The minimum Gasteiger partial charge on any atom is -0.352 e. The van der Waals surface area contributed by atoms with E-state index in [0.717, 1.165) is 23.5 Å². The molecule has 1 saturated heterocycles. The summed E-state index contributed by atoms with van der Waals surface area (Å²) < 4.78 is 0. The summed E-state index contributed by atoms with van der Waals surface area (Å²) in [4.78, 5) is 20.3. The highest BCUT2D eigenvalue weighted by atomic mass is 35.5. The quantitative estimate of drug-likeness (QED) is 0.452. The standard InChI is InChI=1S/C29H32ClN3O/c1-18-6-11-23-24(12-13-25(30)28(23)32-18)29(34)31-16-19-7-9-20(10-8-19)17-33-26-14-15-27(33)22-5-3-2-4-21(22)26/h2-6,11-13,19-20,26-27H,7-10,14-17H2,1H3,(H,31,34). The smallest absolute Gasteiger partial charge is 0.251 e. The maximum atomic E-state index is 13.0. The molecule has 2 aliphatic heterocycles. The number of benzene rings is 2. The highest BCUT2D eigenvalue weighted by Crippen LogP contribution is 2.53. The number of fused-ring (bicyclic) bond motifs is 6. The number of halogens is 1. The minimum absolute atomic E-state index is 0.0270. The highest BCUT2D eigenvalue weighted by molar-refractivity contribution is 6.35. The summed E-state index contributed by atoms with van der Waals surface area (Å²) in [5.74, 6) is 1.31. The van der Waals surface area contributed by atoms with Gasteiger partial charge < -0.3 is 5.32 Å². The van der Waals surface area contributed by atoms with Gasteiger partial charge in [0.25, 0.3) is 5.91 Å². The minimum atomic E-state index is -0.0270. The Morgan fingerprint density at radius 3 is 2.32 bits per heavy atom. The third-order valence-electron chi connectivity index (χ3n) is 8.41. The zero-order chi connectivity index (χ0) is 23.2. The predicted molar refractivity (Wildman–Crippen MR) is 137 cm³/mol. The van der Waals surface area contributed by atoms with Crippen LogP contribution in [-0.4, -0.2) is 28.9 Å². The van der Waals surface area contributed by atoms with Gasteiger partial charge in [-0.2, -0.15) is 0 Å². The van der Waals surface area contributed by atoms with Crippen LogP contribution in [-0.2, 0) is 0 Å². The maximum absolute atomic E-state index is 13.0. The summed E-state index contributed by atoms with van der Waals surface area (Å²) in [6, 6.07) is 17.8. The zero-order valence-corrected chi connectivity index (χ0v) is 20.5. The molecule has 176 valence electrons. The maximum Gasteiger partial charge on any atom is 0.251 e. The van der Waals surface area contributed by atoms with Crippen molar-refractivity contribution in [2.24, 2.45) is 11.8 Å². The van der Waals surface area contributed by atoms with Crippen LogP contribution in [0.3, 0.4) is 0 Å². The van der Waals surface area contributed by atoms with E-state index in [1.54, 1.807) is 17.2 Å². The van der Waals surface area contributed by atoms with Crippen LogP contribution in [0.4, 0.5) is 0 Å². The average Bonchev–Trinajstić information content (AvgIpc) is 3.39. The molecular formula is C29H32ClN3O. The van der Waals surface area contributed by atoms with Crippen molar-refractivity contribution in [3.63, 3.8) is 0 Å². The Labute approximate surface area is 206 Å². The Bertz CT molecular complexity index is 1200. The van der Waals surface area contributed by atoms with Crippen LogP contribution >= 0.6 is 11.6 Å². The molecule has 3 aromatic rings. The SMILES string of the molecule is Cc1ccc2c(C(=O)NCC3CCC(CN4C5CCC4c4ccccc45)CC3)ccc(Cl)c2n1. The summed E-state index contributed by atoms with van der Waals surface area (Å²) in [5, 5.41) is 4.60. The Morgan fingerprint density at radius 2 is 1.62 bits per heavy atom. The lowest BCUT2D eigenvalue weighted by Gasteiger charge is -2.33. The molecule has 3 heterocycles. The van der Waals surface area contributed by atoms with Crippen LogP contribution in [0.1, 0.15) is 77.8 Å². The number of pyridine rings is 1. The molecule has 0 spiro atoms. The summed E-state index contributed by atoms with van der Waals surface area (Å²) >= 11 is 6.33. The monoisotopic (exact) mass is 473 g/mol. The van der Waals surface area contributed by atoms with Gasteiger partial charge in [-0.25, -0.2) is 0 Å². The van der Waals surface area contributed by atoms with Crippen molar-refractivity contribution in [1.82, 2.24) is 15.2 Å². The lowest BCUT2D eigenvalue weighted by atomic mass is 9.81. The summed E-state index contributed by atoms with van der Waals surface area (Å²) in [6.45, 7) is 3.91. The number of rotatable bonds is 5. The molecule has 5 heteroatoms. The topological polar surface area (TPSA) is 45.2 Å². The number of hydrogen-bond acceptors (Lipinski definition) is 3. The van der Waals surface area contributed by atoms with Crippen molar-refractivity contribution < 1.29 is 4.79 Å². The molecule has 0 radical (unpaired) electrons. The second-order valence-electron chi connectivity index (χ2n) is 10.5. The van der Waals surface area contributed by atoms with Crippen LogP contribution in [0.25, 0.3) is 10.9 Å². The molecule has 2 bridgehead atoms. The Kier molecular flexibility index (Phi) is 5.82. The highest BCUT2D eigenvalue weighted by Gasteiger charge is 2.44. The van der Waals surface area contributed by atoms with E-state index in [4.69, 9.17) is 11.6 Å². The van der Waals surface area contributed by atoms with Crippen molar-refractivity contribution >= 4 is 28.4 Å². The molecular weight excluding hydrogens is 442 g/mol. The van der Waals surface area contributed by atoms with Gasteiger partial charge in [0.15, 0.2) is 0 Å². The number of amides is 1. The van der Waals surface area contributed by atoms with Gasteiger partial charge in [0, 0.05) is 41.8 Å². The van der Waals surface area contributed by atoms with Gasteiger partial charge in [0.1, 0.15) is 0 Å². The lowest BCUT2D eigenvalue weighted by molar-refractivity contribution is 0.0938. The fourth-order valence-electron chi connectivity index (χ4n) is 6.63. The van der Waals surface area contributed by atoms with E-state index < -0.39 is 0 Å². The van der Waals surface area contributed by atoms with Crippen molar-refractivity contribution in [3.05, 3.63) is 75.9 Å². The summed E-state index contributed by atoms with van der Waals surface area (Å²) in [5.41, 5.74) is 5.41. The zero-order valence-electron chi connectivity index (χ0n) is 19.8. The number of aryl methyl sites for hydroxylation is 1. The molecule has 1 aliphatic carbocycles. The number of carbonyl (C=O) groups is 1. The third kappa shape index (κ3) is 3.91. The predicted octanol–water partition coefficient (Wildman–Crippen LogP) is 6.62. The Hall–Kier alpha value is -2.43. The van der Waals surface area contributed by atoms with Crippen molar-refractivity contribution in [1.29, 1.82) is 0 Å². The van der Waals surface area contributed by atoms with E-state index >= 15 is 0 Å². The van der Waals surface area contributed by atoms with Crippen LogP contribution < -0.4 is 5.32 Å². The molecule has 1 amide bonds. The molecule has 2 fully saturated rings. The molecule has 6 rings (SSSR count). The van der Waals surface area contributed by atoms with Gasteiger partial charge in [-0.1, -0.05) is 41.9 Å². The first-order valence-electron chi connectivity index (χ1n) is 12.8. The van der Waals surface area contributed by atoms with Crippen LogP contribution in [0.5, 0.6) is 0 Å². The molecule has 3 aliphatic rings. The van der Waals surface area contributed by atoms with Gasteiger partial charge in [-0.3, -0.25) is 14.7 Å². The van der Waals surface area contributed by atoms with Crippen LogP contribution in [0.15, 0.2) is 48.5 Å². The van der Waals surface area contributed by atoms with E-state index in [9.17, 15) is 4.79 Å². The van der Waals surface area contributed by atoms with E-state index in [2.05, 4.69) is 39.5 Å². The molecule has 1 N–H and O–H groups in total. The van der Waals surface area contributed by atoms with E-state index in [0.29, 0.717) is 34.1 Å². The summed E-state index contributed by atoms with van der Waals surface area (Å²) in [7, 11) is 0. The van der Waals surface area contributed by atoms with E-state index in [1.165, 1.54) is 45.1 Å². The van der Waals surface area contributed by atoms with E-state index in [1.807, 2.05) is 25.1 Å². The first-order chi connectivity index (χ1) is 16.6. The number of hydrogen-bond donors (Lipinski definition) is 1. The summed E-state index contributed by atoms with van der Waals surface area (Å²) in [6.07, 6.45) is 7.56. The fraction of sp³-hybridized carbons (Fsp3) is 0.448. The molecule has 34 heavy (non-hydrogen) atoms. The van der Waals surface area contributed by atoms with Gasteiger partial charge in [-0.05, 0) is 86.6 Å². The molecule has 1 saturated carbocycles. The van der Waals surface area contributed by atoms with Crippen molar-refractivity contribution in [2.45, 2.75) is 57.5 Å². The first kappa shape index (κ1) is 22.1. The number of carbonyl (C=O) groups excluding carboxylic acids is 1. The molecule has 4 nitrogen and oxygen atoms in total. The number of nitrogens with one attached hydrogen (secondary N) is 1. The Balaban J connectivity index is 1.03. The first-order valence-corrected chi connectivity index (χ1v) is 13.1. The van der Waals surface area contributed by atoms with E-state index in [-0.39, 0.29) is 5.91 Å². The second kappa shape index (κ2) is 8.98. The average molecular weight is 474 g/mol. The van der Waals surface area contributed by atoms with Gasteiger partial charge >= 0.3 is 0 Å². The molecule has 2 atom stereocenters. The molecule has 2 aromatic carbocycles. The second-order valence-corrected chi connectivity index (χ2v) is 10.9. The number of nitrogens with zero attached hydrogens (tertiary/aromatic N) is 2. The lowest BCUT2D eigenvalue weighted by Crippen LogP contribution is -2.34. The normalized spacial score (nSPS) is 26.1. The van der Waals surface area contributed by atoms with Crippen molar-refractivity contribution in [2.75, 3.05) is 13.1 Å². The van der Waals surface area contributed by atoms with Gasteiger partial charge in [0.05, 0.1) is 10.5 Å². The Morgan fingerprint density at radius 1 is 0.941 bits per heavy atom. The number of aromatic nitrogens is 1. The fourth-order valence-corrected chi connectivity index (χ4v) is 6.84. The molecule has 2 unspecified atom stereocenters. The van der Waals surface area contributed by atoms with Gasteiger partial charge in [-0.15, -0.1) is 0 Å². The van der Waals surface area contributed by atoms with Crippen LogP contribution in [0.2, 0.25) is 5.02 Å².